The van der Waals surface area contributed by atoms with Crippen molar-refractivity contribution in [3.05, 3.63) is 23.8 Å². The number of ether oxygens (including phenoxy) is 1. The minimum absolute atomic E-state index is 0.238. The van der Waals surface area contributed by atoms with Gasteiger partial charge in [-0.1, -0.05) is 72.5 Å². The zero-order valence-electron chi connectivity index (χ0n) is 15.5. The summed E-state index contributed by atoms with van der Waals surface area (Å²) in [7, 11) is 0. The van der Waals surface area contributed by atoms with Crippen LogP contribution in [0.4, 0.5) is 0 Å². The maximum Gasteiger partial charge on any atom is 0.331 e. The molecule has 0 saturated carbocycles. The summed E-state index contributed by atoms with van der Waals surface area (Å²) >= 11 is 0. The molecule has 22 heavy (non-hydrogen) atoms. The molecular formula is C20H36O2. The van der Waals surface area contributed by atoms with E-state index in [0.29, 0.717) is 18.4 Å². The molecule has 0 aromatic carbocycles. The molecule has 0 bridgehead atoms. The highest BCUT2D eigenvalue weighted by Gasteiger charge is 2.03. The van der Waals surface area contributed by atoms with Crippen molar-refractivity contribution in [1.29, 1.82) is 0 Å². The minimum Gasteiger partial charge on any atom is -0.462 e. The molecule has 0 spiro atoms. The van der Waals surface area contributed by atoms with Gasteiger partial charge in [-0.2, -0.15) is 0 Å². The van der Waals surface area contributed by atoms with Crippen molar-refractivity contribution in [2.24, 2.45) is 17.8 Å². The number of rotatable bonds is 11. The second kappa shape index (κ2) is 12.5. The van der Waals surface area contributed by atoms with E-state index in [2.05, 4.69) is 26.8 Å². The fourth-order valence-corrected chi connectivity index (χ4v) is 2.15. The lowest BCUT2D eigenvalue weighted by Crippen LogP contribution is -2.07. The number of carbonyl (C=O) groups is 1. The Morgan fingerprint density at radius 2 is 1.73 bits per heavy atom. The quantitative estimate of drug-likeness (QED) is 0.268. The number of hydrogen-bond donors (Lipinski definition) is 0. The van der Waals surface area contributed by atoms with E-state index >= 15 is 0 Å². The first-order valence-corrected chi connectivity index (χ1v) is 8.86. The lowest BCUT2D eigenvalue weighted by Gasteiger charge is -2.11. The summed E-state index contributed by atoms with van der Waals surface area (Å²) in [5.41, 5.74) is 0.959. The van der Waals surface area contributed by atoms with Crippen molar-refractivity contribution in [1.82, 2.24) is 0 Å². The zero-order valence-corrected chi connectivity index (χ0v) is 15.5. The maximum absolute atomic E-state index is 11.6. The second-order valence-electron chi connectivity index (χ2n) is 7.10. The first-order valence-electron chi connectivity index (χ1n) is 8.86. The van der Waals surface area contributed by atoms with Crippen LogP contribution in [0.25, 0.3) is 0 Å². The maximum atomic E-state index is 11.6. The van der Waals surface area contributed by atoms with Gasteiger partial charge in [-0.05, 0) is 36.7 Å². The third-order valence-electron chi connectivity index (χ3n) is 3.91. The average molecular weight is 309 g/mol. The molecule has 0 aromatic heterocycles. The summed E-state index contributed by atoms with van der Waals surface area (Å²) in [5.74, 6) is 1.70. The molecule has 2 atom stereocenters. The van der Waals surface area contributed by atoms with Gasteiger partial charge in [0.1, 0.15) is 0 Å². The van der Waals surface area contributed by atoms with Crippen LogP contribution in [0.15, 0.2) is 23.8 Å². The van der Waals surface area contributed by atoms with E-state index in [9.17, 15) is 4.79 Å². The Hall–Kier alpha value is -1.05. The molecule has 0 heterocycles. The summed E-state index contributed by atoms with van der Waals surface area (Å²) < 4.78 is 5.14. The molecule has 0 saturated heterocycles. The highest BCUT2D eigenvalue weighted by molar-refractivity contribution is 5.83. The van der Waals surface area contributed by atoms with Gasteiger partial charge in [-0.15, -0.1) is 0 Å². The molecule has 0 aromatic rings. The fraction of sp³-hybridized carbons (Fsp3) is 0.750. The van der Waals surface area contributed by atoms with Crippen molar-refractivity contribution in [3.8, 4) is 0 Å². The van der Waals surface area contributed by atoms with Gasteiger partial charge in [-0.25, -0.2) is 4.79 Å². The van der Waals surface area contributed by atoms with Gasteiger partial charge in [0, 0.05) is 6.08 Å². The molecule has 0 rings (SSSR count). The van der Waals surface area contributed by atoms with Crippen LogP contribution in [0.5, 0.6) is 0 Å². The normalized spacial score (nSPS) is 15.3. The molecule has 0 aliphatic rings. The molecule has 2 unspecified atom stereocenters. The first-order chi connectivity index (χ1) is 10.3. The molecule has 0 radical (unpaired) electrons. The van der Waals surface area contributed by atoms with E-state index in [4.69, 9.17) is 4.74 Å². The van der Waals surface area contributed by atoms with E-state index in [-0.39, 0.29) is 5.97 Å². The van der Waals surface area contributed by atoms with Crippen molar-refractivity contribution in [3.63, 3.8) is 0 Å². The Kier molecular flexibility index (Phi) is 11.9. The number of esters is 1. The Labute approximate surface area is 138 Å². The van der Waals surface area contributed by atoms with Crippen LogP contribution in [0, 0.1) is 17.8 Å². The van der Waals surface area contributed by atoms with Crippen molar-refractivity contribution in [2.75, 3.05) is 6.61 Å². The average Bonchev–Trinajstić information content (AvgIpc) is 2.44. The standard InChI is InChI=1S/C20H36O2/c1-7-17(4)10-8-11-18(5)12-9-13-19(6)14-20(21)22-15-16(2)3/h9,13-14,16-18H,7-8,10-12,15H2,1-6H3. The lowest BCUT2D eigenvalue weighted by atomic mass is 9.95. The first kappa shape index (κ1) is 20.9. The zero-order chi connectivity index (χ0) is 17.0. The monoisotopic (exact) mass is 308 g/mol. The van der Waals surface area contributed by atoms with Crippen LogP contribution < -0.4 is 0 Å². The molecule has 0 aliphatic heterocycles. The molecule has 0 amide bonds. The van der Waals surface area contributed by atoms with E-state index < -0.39 is 0 Å². The molecular weight excluding hydrogens is 272 g/mol. The number of allylic oxidation sites excluding steroid dienone is 3. The third kappa shape index (κ3) is 12.7. The van der Waals surface area contributed by atoms with Crippen LogP contribution >= 0.6 is 0 Å². The van der Waals surface area contributed by atoms with Crippen molar-refractivity contribution in [2.45, 2.75) is 73.6 Å². The highest BCUT2D eigenvalue weighted by Crippen LogP contribution is 2.17. The molecule has 2 heteroatoms. The van der Waals surface area contributed by atoms with E-state index in [1.807, 2.05) is 26.8 Å². The summed E-state index contributed by atoms with van der Waals surface area (Å²) in [5, 5.41) is 0. The summed E-state index contributed by atoms with van der Waals surface area (Å²) in [6.45, 7) is 13.4. The van der Waals surface area contributed by atoms with Gasteiger partial charge >= 0.3 is 5.97 Å². The van der Waals surface area contributed by atoms with Gasteiger partial charge in [0.15, 0.2) is 0 Å². The molecule has 0 aliphatic carbocycles. The molecule has 2 nitrogen and oxygen atoms in total. The van der Waals surface area contributed by atoms with E-state index in [0.717, 1.165) is 17.9 Å². The number of carbonyl (C=O) groups excluding carboxylic acids is 1. The van der Waals surface area contributed by atoms with Gasteiger partial charge in [0.25, 0.3) is 0 Å². The Morgan fingerprint density at radius 1 is 1.09 bits per heavy atom. The second-order valence-corrected chi connectivity index (χ2v) is 7.10. The topological polar surface area (TPSA) is 26.3 Å². The fourth-order valence-electron chi connectivity index (χ4n) is 2.15. The van der Waals surface area contributed by atoms with Crippen molar-refractivity contribution >= 4 is 5.97 Å². The summed E-state index contributed by atoms with van der Waals surface area (Å²) in [6, 6.07) is 0. The summed E-state index contributed by atoms with van der Waals surface area (Å²) in [4.78, 5) is 11.6. The van der Waals surface area contributed by atoms with Gasteiger partial charge in [0.05, 0.1) is 6.61 Å². The predicted octanol–water partition coefficient (Wildman–Crippen LogP) is 5.93. The summed E-state index contributed by atoms with van der Waals surface area (Å²) in [6.07, 6.45) is 12.1. The lowest BCUT2D eigenvalue weighted by molar-refractivity contribution is -0.138. The Balaban J connectivity index is 3.96. The van der Waals surface area contributed by atoms with Crippen LogP contribution in [0.3, 0.4) is 0 Å². The van der Waals surface area contributed by atoms with E-state index in [1.165, 1.54) is 25.7 Å². The Morgan fingerprint density at radius 3 is 2.32 bits per heavy atom. The van der Waals surface area contributed by atoms with Crippen LogP contribution in [-0.4, -0.2) is 12.6 Å². The largest absolute Gasteiger partial charge is 0.462 e. The molecule has 0 N–H and O–H groups in total. The third-order valence-corrected chi connectivity index (χ3v) is 3.91. The SMILES string of the molecule is CCC(C)CCCC(C)CC=CC(C)=CC(=O)OCC(C)C. The molecule has 0 fully saturated rings. The molecule has 128 valence electrons. The van der Waals surface area contributed by atoms with Gasteiger partial charge < -0.3 is 4.74 Å². The van der Waals surface area contributed by atoms with Crippen molar-refractivity contribution < 1.29 is 9.53 Å². The Bertz CT molecular complexity index is 353. The smallest absolute Gasteiger partial charge is 0.331 e. The van der Waals surface area contributed by atoms with Crippen LogP contribution in [0.1, 0.15) is 73.6 Å². The minimum atomic E-state index is -0.238. The van der Waals surface area contributed by atoms with E-state index in [1.54, 1.807) is 6.08 Å². The number of hydrogen-bond acceptors (Lipinski definition) is 2. The van der Waals surface area contributed by atoms with Gasteiger partial charge in [0.2, 0.25) is 0 Å². The van der Waals surface area contributed by atoms with Crippen LogP contribution in [0.2, 0.25) is 0 Å². The van der Waals surface area contributed by atoms with Crippen LogP contribution in [-0.2, 0) is 9.53 Å². The van der Waals surface area contributed by atoms with Gasteiger partial charge in [-0.3, -0.25) is 0 Å². The predicted molar refractivity (Wildman–Crippen MR) is 95.8 cm³/mol. The highest BCUT2D eigenvalue weighted by atomic mass is 16.5.